The van der Waals surface area contributed by atoms with E-state index in [9.17, 15) is 24.6 Å². The van der Waals surface area contributed by atoms with Crippen LogP contribution in [0.25, 0.3) is 11.1 Å². The van der Waals surface area contributed by atoms with E-state index in [2.05, 4.69) is 5.32 Å². The summed E-state index contributed by atoms with van der Waals surface area (Å²) in [5.41, 5.74) is 0.385. The van der Waals surface area contributed by atoms with Crippen LogP contribution in [0.4, 0.5) is 10.5 Å². The number of aromatic carboxylic acids is 1. The fourth-order valence-electron chi connectivity index (χ4n) is 2.63. The summed E-state index contributed by atoms with van der Waals surface area (Å²) in [5, 5.41) is 22.2. The Morgan fingerprint density at radius 3 is 2.50 bits per heavy atom. The molecule has 8 nitrogen and oxygen atoms in total. The molecule has 1 heterocycles. The van der Waals surface area contributed by atoms with Crippen LogP contribution in [-0.2, 0) is 11.3 Å². The number of carboxylic acid groups (broad SMARTS) is 1. The normalized spacial score (nSPS) is 10.3. The van der Waals surface area contributed by atoms with Crippen LogP contribution in [-0.4, -0.2) is 28.6 Å². The second-order valence-electron chi connectivity index (χ2n) is 5.69. The number of phenols is 1. The number of rotatable bonds is 6. The fourth-order valence-corrected chi connectivity index (χ4v) is 2.63. The van der Waals surface area contributed by atoms with E-state index in [0.29, 0.717) is 6.29 Å². The summed E-state index contributed by atoms with van der Waals surface area (Å²) in [4.78, 5) is 34.7. The van der Waals surface area contributed by atoms with Gasteiger partial charge in [0.15, 0.2) is 12.0 Å². The first kappa shape index (κ1) is 18.7. The van der Waals surface area contributed by atoms with Crippen LogP contribution >= 0.6 is 0 Å². The van der Waals surface area contributed by atoms with Crippen LogP contribution in [0.1, 0.15) is 26.5 Å². The second-order valence-corrected chi connectivity index (χ2v) is 5.69. The number of amides is 1. The molecule has 28 heavy (non-hydrogen) atoms. The van der Waals surface area contributed by atoms with Gasteiger partial charge in [0.2, 0.25) is 0 Å². The van der Waals surface area contributed by atoms with E-state index in [1.807, 2.05) is 6.07 Å². The maximum atomic E-state index is 12.0. The predicted octanol–water partition coefficient (Wildman–Crippen LogP) is 3.91. The van der Waals surface area contributed by atoms with Crippen molar-refractivity contribution >= 4 is 24.0 Å². The molecule has 0 unspecified atom stereocenters. The average Bonchev–Trinajstić information content (AvgIpc) is 3.15. The molecule has 0 radical (unpaired) electrons. The highest BCUT2D eigenvalue weighted by Gasteiger charge is 2.23. The summed E-state index contributed by atoms with van der Waals surface area (Å²) >= 11 is 0. The maximum Gasteiger partial charge on any atom is 0.411 e. The molecular weight excluding hydrogens is 366 g/mol. The van der Waals surface area contributed by atoms with Crippen molar-refractivity contribution in [1.29, 1.82) is 0 Å². The lowest BCUT2D eigenvalue weighted by molar-refractivity contribution is 0.0695. The number of anilines is 1. The number of carbonyl (C=O) groups is 3. The molecule has 0 fully saturated rings. The van der Waals surface area contributed by atoms with E-state index in [-0.39, 0.29) is 29.2 Å². The third-order valence-electron chi connectivity index (χ3n) is 3.93. The first-order valence-corrected chi connectivity index (χ1v) is 8.11. The Labute approximate surface area is 159 Å². The van der Waals surface area contributed by atoms with E-state index >= 15 is 0 Å². The minimum atomic E-state index is -1.46. The molecule has 0 saturated heterocycles. The van der Waals surface area contributed by atoms with Crippen LogP contribution in [0.5, 0.6) is 5.75 Å². The molecule has 1 aromatic heterocycles. The minimum absolute atomic E-state index is 0.00312. The summed E-state index contributed by atoms with van der Waals surface area (Å²) in [6, 6.07) is 13.0. The lowest BCUT2D eigenvalue weighted by Gasteiger charge is -2.13. The number of ether oxygens (including phenoxy) is 1. The number of carbonyl (C=O) groups excluding carboxylic acids is 2. The van der Waals surface area contributed by atoms with Gasteiger partial charge in [-0.25, -0.2) is 9.59 Å². The zero-order chi connectivity index (χ0) is 20.1. The molecule has 0 aliphatic carbocycles. The molecule has 0 saturated carbocycles. The molecule has 0 aliphatic heterocycles. The van der Waals surface area contributed by atoms with Gasteiger partial charge >= 0.3 is 12.1 Å². The first-order valence-electron chi connectivity index (χ1n) is 8.11. The number of furan rings is 1. The topological polar surface area (TPSA) is 126 Å². The third kappa shape index (κ3) is 3.85. The standard InChI is InChI=1S/C20H15NO7/c22-10-16-13(8-9-27-16)14-6-7-15(17(18(14)23)19(24)25)21-20(26)28-11-12-4-2-1-3-5-12/h1-10,23H,11H2,(H,21,26)(H,24,25). The highest BCUT2D eigenvalue weighted by molar-refractivity contribution is 6.04. The summed E-state index contributed by atoms with van der Waals surface area (Å²) in [5.74, 6) is -2.14. The Hall–Kier alpha value is -4.07. The molecule has 0 bridgehead atoms. The smallest absolute Gasteiger partial charge is 0.411 e. The van der Waals surface area contributed by atoms with Gasteiger partial charge in [0.25, 0.3) is 0 Å². The van der Waals surface area contributed by atoms with Gasteiger partial charge in [-0.15, -0.1) is 0 Å². The van der Waals surface area contributed by atoms with E-state index in [4.69, 9.17) is 9.15 Å². The van der Waals surface area contributed by atoms with Crippen LogP contribution in [0.3, 0.4) is 0 Å². The second kappa shape index (κ2) is 8.09. The van der Waals surface area contributed by atoms with E-state index in [1.54, 1.807) is 24.3 Å². The van der Waals surface area contributed by atoms with Crippen LogP contribution in [0, 0.1) is 0 Å². The number of hydrogen-bond acceptors (Lipinski definition) is 6. The Kier molecular flexibility index (Phi) is 5.40. The number of aromatic hydroxyl groups is 1. The van der Waals surface area contributed by atoms with E-state index in [0.717, 1.165) is 5.56 Å². The first-order chi connectivity index (χ1) is 13.5. The molecule has 142 valence electrons. The Morgan fingerprint density at radius 2 is 1.82 bits per heavy atom. The summed E-state index contributed by atoms with van der Waals surface area (Å²) in [6.45, 7) is -0.00312. The van der Waals surface area contributed by atoms with Crippen molar-refractivity contribution in [2.75, 3.05) is 5.32 Å². The van der Waals surface area contributed by atoms with Gasteiger partial charge < -0.3 is 19.4 Å². The third-order valence-corrected chi connectivity index (χ3v) is 3.93. The molecular formula is C20H15NO7. The van der Waals surface area contributed by atoms with Crippen molar-refractivity contribution in [3.05, 3.63) is 71.7 Å². The van der Waals surface area contributed by atoms with Gasteiger partial charge in [-0.3, -0.25) is 10.1 Å². The Balaban J connectivity index is 1.85. The lowest BCUT2D eigenvalue weighted by Crippen LogP contribution is -2.16. The summed E-state index contributed by atoms with van der Waals surface area (Å²) in [6.07, 6.45) is 0.810. The average molecular weight is 381 g/mol. The number of carboxylic acids is 1. The number of nitrogens with one attached hydrogen (secondary N) is 1. The molecule has 2 aromatic carbocycles. The SMILES string of the molecule is O=Cc1occc1-c1ccc(NC(=O)OCc2ccccc2)c(C(=O)O)c1O. The maximum absolute atomic E-state index is 12.0. The molecule has 0 spiro atoms. The highest BCUT2D eigenvalue weighted by atomic mass is 16.5. The highest BCUT2D eigenvalue weighted by Crippen LogP contribution is 2.38. The largest absolute Gasteiger partial charge is 0.506 e. The van der Waals surface area contributed by atoms with Gasteiger partial charge in [-0.05, 0) is 23.8 Å². The minimum Gasteiger partial charge on any atom is -0.506 e. The molecule has 1 amide bonds. The Morgan fingerprint density at radius 1 is 1.07 bits per heavy atom. The van der Waals surface area contributed by atoms with Crippen molar-refractivity contribution in [2.24, 2.45) is 0 Å². The monoisotopic (exact) mass is 381 g/mol. The van der Waals surface area contributed by atoms with Gasteiger partial charge in [-0.1, -0.05) is 30.3 Å². The van der Waals surface area contributed by atoms with Crippen molar-refractivity contribution in [2.45, 2.75) is 6.61 Å². The zero-order valence-corrected chi connectivity index (χ0v) is 14.4. The van der Waals surface area contributed by atoms with Crippen LogP contribution in [0.15, 0.2) is 59.2 Å². The number of aldehydes is 1. The molecule has 0 atom stereocenters. The van der Waals surface area contributed by atoms with Gasteiger partial charge in [0.1, 0.15) is 17.9 Å². The fraction of sp³-hybridized carbons (Fsp3) is 0.0500. The molecule has 0 aliphatic rings. The van der Waals surface area contributed by atoms with Gasteiger partial charge in [-0.2, -0.15) is 0 Å². The zero-order valence-electron chi connectivity index (χ0n) is 14.4. The lowest BCUT2D eigenvalue weighted by atomic mass is 10.0. The van der Waals surface area contributed by atoms with Crippen molar-refractivity contribution < 1.29 is 33.8 Å². The molecule has 3 rings (SSSR count). The molecule has 8 heteroatoms. The van der Waals surface area contributed by atoms with Gasteiger partial charge in [0.05, 0.1) is 12.0 Å². The quantitative estimate of drug-likeness (QED) is 0.553. The van der Waals surface area contributed by atoms with Crippen molar-refractivity contribution in [1.82, 2.24) is 0 Å². The van der Waals surface area contributed by atoms with Gasteiger partial charge in [0, 0.05) is 11.1 Å². The van der Waals surface area contributed by atoms with Crippen LogP contribution in [0.2, 0.25) is 0 Å². The Bertz CT molecular complexity index is 1020. The summed E-state index contributed by atoms with van der Waals surface area (Å²) in [7, 11) is 0. The molecule has 3 aromatic rings. The van der Waals surface area contributed by atoms with Crippen LogP contribution < -0.4 is 5.32 Å². The van der Waals surface area contributed by atoms with Crippen molar-refractivity contribution in [3.63, 3.8) is 0 Å². The number of hydrogen-bond donors (Lipinski definition) is 3. The predicted molar refractivity (Wildman–Crippen MR) is 98.4 cm³/mol. The van der Waals surface area contributed by atoms with Crippen molar-refractivity contribution in [3.8, 4) is 16.9 Å². The van der Waals surface area contributed by atoms with E-state index in [1.165, 1.54) is 24.5 Å². The molecule has 3 N–H and O–H groups in total. The van der Waals surface area contributed by atoms with E-state index < -0.39 is 23.4 Å². The summed E-state index contributed by atoms with van der Waals surface area (Å²) < 4.78 is 10.0. The number of benzene rings is 2.